The van der Waals surface area contributed by atoms with Crippen molar-refractivity contribution in [1.82, 2.24) is 30.5 Å². The Labute approximate surface area is 222 Å². The first-order valence-electron chi connectivity index (χ1n) is 13.3. The highest BCUT2D eigenvalue weighted by Crippen LogP contribution is 2.39. The standard InChI is InChI=1S/C28H35N9O/c1-18-10-24(38-35-18)14-30-19(2)31-28(13-26(29)32-27-12-25(33-34-27)21-8-9-21)37-17-22-11-23(37)16-36(22)15-20-6-4-3-5-7-20/h3-7,10,12-13,21-23,30H,2,8-9,11,14-17,29H2,1H3,(H2,32,33,34)/b26-13+,31-28+/t22-,23-/m1/s1. The Balaban J connectivity index is 1.16. The van der Waals surface area contributed by atoms with Crippen LogP contribution in [0.15, 0.2) is 76.3 Å². The second kappa shape index (κ2) is 10.4. The number of aliphatic imine (C=N–C) groups is 1. The van der Waals surface area contributed by atoms with Gasteiger partial charge in [0.2, 0.25) is 0 Å². The number of amidine groups is 1. The predicted octanol–water partition coefficient (Wildman–Crippen LogP) is 3.41. The third-order valence-electron chi connectivity index (χ3n) is 7.44. The summed E-state index contributed by atoms with van der Waals surface area (Å²) in [5.41, 5.74) is 9.80. The average molecular weight is 514 g/mol. The van der Waals surface area contributed by atoms with Gasteiger partial charge in [0.15, 0.2) is 11.6 Å². The maximum absolute atomic E-state index is 6.45. The van der Waals surface area contributed by atoms with Crippen LogP contribution in [0.25, 0.3) is 0 Å². The Hall–Kier alpha value is -4.05. The van der Waals surface area contributed by atoms with E-state index < -0.39 is 0 Å². The van der Waals surface area contributed by atoms with E-state index in [1.807, 2.05) is 25.1 Å². The molecule has 1 saturated carbocycles. The van der Waals surface area contributed by atoms with E-state index in [4.69, 9.17) is 15.2 Å². The third-order valence-corrected chi connectivity index (χ3v) is 7.44. The van der Waals surface area contributed by atoms with E-state index in [2.05, 4.69) is 72.7 Å². The molecule has 0 amide bonds. The lowest BCUT2D eigenvalue weighted by Crippen LogP contribution is -2.48. The molecule has 0 spiro atoms. The molecule has 3 fully saturated rings. The van der Waals surface area contributed by atoms with E-state index in [0.717, 1.165) is 54.9 Å². The fourth-order valence-electron chi connectivity index (χ4n) is 5.41. The molecule has 2 bridgehead atoms. The summed E-state index contributed by atoms with van der Waals surface area (Å²) in [5, 5.41) is 17.9. The van der Waals surface area contributed by atoms with Crippen LogP contribution in [0.1, 0.15) is 47.9 Å². The van der Waals surface area contributed by atoms with Crippen molar-refractivity contribution in [2.24, 2.45) is 10.7 Å². The highest BCUT2D eigenvalue weighted by atomic mass is 16.5. The number of fused-ring (bicyclic) bond motifs is 2. The quantitative estimate of drug-likeness (QED) is 0.240. The smallest absolute Gasteiger partial charge is 0.156 e. The first kappa shape index (κ1) is 24.3. The van der Waals surface area contributed by atoms with E-state index in [1.165, 1.54) is 18.4 Å². The normalized spacial score (nSPS) is 21.8. The van der Waals surface area contributed by atoms with Gasteiger partial charge in [-0.05, 0) is 31.7 Å². The molecule has 2 saturated heterocycles. The number of likely N-dealkylation sites (tertiary alicyclic amines) is 2. The third kappa shape index (κ3) is 5.60. The lowest BCUT2D eigenvalue weighted by atomic mass is 10.2. The zero-order valence-electron chi connectivity index (χ0n) is 21.7. The molecule has 3 aromatic rings. The van der Waals surface area contributed by atoms with E-state index in [0.29, 0.717) is 36.2 Å². The molecule has 5 N–H and O–H groups in total. The van der Waals surface area contributed by atoms with Crippen molar-refractivity contribution in [2.45, 2.75) is 57.3 Å². The predicted molar refractivity (Wildman–Crippen MR) is 147 cm³/mol. The Morgan fingerprint density at radius 2 is 2.08 bits per heavy atom. The molecule has 0 unspecified atom stereocenters. The van der Waals surface area contributed by atoms with Crippen LogP contribution in [-0.2, 0) is 13.1 Å². The van der Waals surface area contributed by atoms with Crippen LogP contribution in [0.2, 0.25) is 0 Å². The number of rotatable bonds is 10. The van der Waals surface area contributed by atoms with Gasteiger partial charge in [0, 0.05) is 61.5 Å². The van der Waals surface area contributed by atoms with Crippen molar-refractivity contribution in [3.8, 4) is 0 Å². The molecular weight excluding hydrogens is 478 g/mol. The highest BCUT2D eigenvalue weighted by Gasteiger charge is 2.44. The van der Waals surface area contributed by atoms with Crippen molar-refractivity contribution in [3.05, 3.63) is 89.5 Å². The number of nitrogens with one attached hydrogen (secondary N) is 3. The Bertz CT molecular complexity index is 1340. The molecule has 3 aliphatic rings. The molecule has 1 aromatic carbocycles. The summed E-state index contributed by atoms with van der Waals surface area (Å²) in [4.78, 5) is 9.79. The molecule has 6 rings (SSSR count). The number of hydrogen-bond acceptors (Lipinski definition) is 8. The number of aromatic amines is 1. The number of anilines is 1. The van der Waals surface area contributed by atoms with Gasteiger partial charge >= 0.3 is 0 Å². The Morgan fingerprint density at radius 1 is 1.24 bits per heavy atom. The van der Waals surface area contributed by atoms with Crippen molar-refractivity contribution < 1.29 is 4.52 Å². The molecule has 0 radical (unpaired) electrons. The van der Waals surface area contributed by atoms with Gasteiger partial charge in [0.05, 0.1) is 12.2 Å². The minimum absolute atomic E-state index is 0.364. The summed E-state index contributed by atoms with van der Waals surface area (Å²) in [7, 11) is 0. The number of piperazine rings is 1. The molecule has 4 heterocycles. The molecule has 2 aromatic heterocycles. The summed E-state index contributed by atoms with van der Waals surface area (Å²) >= 11 is 0. The summed E-state index contributed by atoms with van der Waals surface area (Å²) in [6.07, 6.45) is 5.42. The molecule has 10 nitrogen and oxygen atoms in total. The molecule has 2 aliphatic heterocycles. The number of nitrogens with two attached hydrogens (primary N) is 1. The zero-order chi connectivity index (χ0) is 26.1. The minimum Gasteiger partial charge on any atom is -0.385 e. The highest BCUT2D eigenvalue weighted by molar-refractivity contribution is 5.95. The number of nitrogens with zero attached hydrogens (tertiary/aromatic N) is 5. The van der Waals surface area contributed by atoms with Crippen molar-refractivity contribution >= 4 is 11.7 Å². The summed E-state index contributed by atoms with van der Waals surface area (Å²) in [6.45, 7) is 9.34. The van der Waals surface area contributed by atoms with Crippen LogP contribution in [0.5, 0.6) is 0 Å². The second-order valence-electron chi connectivity index (χ2n) is 10.5. The van der Waals surface area contributed by atoms with Crippen LogP contribution < -0.4 is 16.4 Å². The fraction of sp³-hybridized carbons (Fsp3) is 0.393. The number of H-pyrrole nitrogens is 1. The number of benzene rings is 1. The van der Waals surface area contributed by atoms with Gasteiger partial charge in [-0.15, -0.1) is 0 Å². The van der Waals surface area contributed by atoms with Gasteiger partial charge < -0.3 is 25.8 Å². The van der Waals surface area contributed by atoms with Crippen LogP contribution >= 0.6 is 0 Å². The fourth-order valence-corrected chi connectivity index (χ4v) is 5.41. The van der Waals surface area contributed by atoms with Crippen molar-refractivity contribution in [2.75, 3.05) is 18.4 Å². The van der Waals surface area contributed by atoms with Gasteiger partial charge in [0.25, 0.3) is 0 Å². The maximum atomic E-state index is 6.45. The Kier molecular flexibility index (Phi) is 6.63. The van der Waals surface area contributed by atoms with Gasteiger partial charge in [-0.3, -0.25) is 10.00 Å². The van der Waals surface area contributed by atoms with E-state index in [1.54, 1.807) is 0 Å². The molecule has 1 aliphatic carbocycles. The molecule has 10 heteroatoms. The molecule has 2 atom stereocenters. The van der Waals surface area contributed by atoms with Gasteiger partial charge in [-0.2, -0.15) is 5.10 Å². The monoisotopic (exact) mass is 513 g/mol. The topological polar surface area (TPSA) is 124 Å². The SMILES string of the molecule is C=C(/N=C(\C=C(/N)Nc1cc(C2CC2)[nH]n1)N1C[C@H]2C[C@@H]1CN2Cc1ccccc1)NCc1cc(C)no1. The Morgan fingerprint density at radius 3 is 2.79 bits per heavy atom. The lowest BCUT2D eigenvalue weighted by molar-refractivity contribution is 0.169. The first-order valence-corrected chi connectivity index (χ1v) is 13.3. The summed E-state index contributed by atoms with van der Waals surface area (Å²) in [5.74, 6) is 3.86. The zero-order valence-corrected chi connectivity index (χ0v) is 21.7. The lowest BCUT2D eigenvalue weighted by Gasteiger charge is -2.35. The maximum Gasteiger partial charge on any atom is 0.156 e. The minimum atomic E-state index is 0.364. The van der Waals surface area contributed by atoms with Crippen LogP contribution in [-0.4, -0.2) is 56.2 Å². The summed E-state index contributed by atoms with van der Waals surface area (Å²) < 4.78 is 5.30. The first-order chi connectivity index (χ1) is 18.5. The van der Waals surface area contributed by atoms with E-state index in [-0.39, 0.29) is 0 Å². The van der Waals surface area contributed by atoms with Crippen molar-refractivity contribution in [3.63, 3.8) is 0 Å². The average Bonchev–Trinajstić information content (AvgIpc) is 3.22. The van der Waals surface area contributed by atoms with Crippen LogP contribution in [0.3, 0.4) is 0 Å². The molecule has 38 heavy (non-hydrogen) atoms. The summed E-state index contributed by atoms with van der Waals surface area (Å²) in [6, 6.07) is 15.4. The van der Waals surface area contributed by atoms with Gasteiger partial charge in [-0.1, -0.05) is 42.1 Å². The molecule has 198 valence electrons. The molecular formula is C28H35N9O. The van der Waals surface area contributed by atoms with E-state index in [9.17, 15) is 0 Å². The number of aromatic nitrogens is 3. The number of hydrogen-bond donors (Lipinski definition) is 4. The van der Waals surface area contributed by atoms with Crippen LogP contribution in [0.4, 0.5) is 5.82 Å². The largest absolute Gasteiger partial charge is 0.385 e. The number of aryl methyl sites for hydroxylation is 1. The van der Waals surface area contributed by atoms with E-state index >= 15 is 0 Å². The van der Waals surface area contributed by atoms with Crippen molar-refractivity contribution in [1.29, 1.82) is 0 Å². The van der Waals surface area contributed by atoms with Gasteiger partial charge in [0.1, 0.15) is 17.5 Å². The van der Waals surface area contributed by atoms with Crippen LogP contribution in [0, 0.1) is 6.92 Å². The van der Waals surface area contributed by atoms with Gasteiger partial charge in [-0.25, -0.2) is 4.99 Å². The second-order valence-corrected chi connectivity index (χ2v) is 10.5.